The Morgan fingerprint density at radius 2 is 2.38 bits per heavy atom. The molecule has 0 aromatic carbocycles. The number of carbonyl (C=O) groups excluding carboxylic acids is 2. The van der Waals surface area contributed by atoms with Crippen LogP contribution in [0.2, 0.25) is 5.15 Å². The lowest BCUT2D eigenvalue weighted by molar-refractivity contribution is -0.384. The zero-order valence-corrected chi connectivity index (χ0v) is 12.7. The number of hydrogen-bond donors (Lipinski definition) is 0. The van der Waals surface area contributed by atoms with Gasteiger partial charge in [0, 0.05) is 31.8 Å². The molecule has 7 nitrogen and oxygen atoms in total. The maximum Gasteiger partial charge on any atom is 0.329 e. The topological polar surface area (TPSA) is 93.4 Å². The van der Waals surface area contributed by atoms with Crippen LogP contribution >= 0.6 is 23.4 Å². The second kappa shape index (κ2) is 6.40. The van der Waals surface area contributed by atoms with E-state index in [2.05, 4.69) is 4.98 Å². The zero-order chi connectivity index (χ0) is 15.6. The molecule has 1 aliphatic heterocycles. The average molecular weight is 330 g/mol. The second-order valence-electron chi connectivity index (χ2n) is 4.60. The van der Waals surface area contributed by atoms with Crippen LogP contribution in [0.4, 0.5) is 11.4 Å². The predicted molar refractivity (Wildman–Crippen MR) is 79.5 cm³/mol. The van der Waals surface area contributed by atoms with Crippen molar-refractivity contribution in [2.45, 2.75) is 13.3 Å². The molecular weight excluding hydrogens is 318 g/mol. The van der Waals surface area contributed by atoms with Gasteiger partial charge in [-0.3, -0.25) is 19.7 Å². The summed E-state index contributed by atoms with van der Waals surface area (Å²) in [4.78, 5) is 38.5. The smallest absolute Gasteiger partial charge is 0.306 e. The van der Waals surface area contributed by atoms with Crippen molar-refractivity contribution in [3.05, 3.63) is 27.5 Å². The Kier molecular flexibility index (Phi) is 4.79. The van der Waals surface area contributed by atoms with Crippen LogP contribution in [0.15, 0.2) is 12.3 Å². The highest BCUT2D eigenvalue weighted by Gasteiger charge is 2.35. The van der Waals surface area contributed by atoms with Crippen molar-refractivity contribution in [2.24, 2.45) is 5.92 Å². The van der Waals surface area contributed by atoms with E-state index in [0.29, 0.717) is 12.3 Å². The van der Waals surface area contributed by atoms with Gasteiger partial charge < -0.3 is 4.90 Å². The zero-order valence-electron chi connectivity index (χ0n) is 11.1. The van der Waals surface area contributed by atoms with Gasteiger partial charge in [0.1, 0.15) is 5.69 Å². The second-order valence-corrected chi connectivity index (χ2v) is 6.16. The molecule has 21 heavy (non-hydrogen) atoms. The molecule has 0 aliphatic carbocycles. The summed E-state index contributed by atoms with van der Waals surface area (Å²) in [6.07, 6.45) is 1.59. The molecular formula is C12H12ClN3O4S. The standard InChI is InChI=1S/C12H12ClN3O4S/c1-7(17)21-6-8-4-10(18)15(5-8)9-2-3-14-12(13)11(9)16(19)20/h2-3,8H,4-6H2,1H3. The fraction of sp³-hybridized carbons (Fsp3) is 0.417. The Hall–Kier alpha value is -1.67. The van der Waals surface area contributed by atoms with Gasteiger partial charge in [-0.15, -0.1) is 0 Å². The van der Waals surface area contributed by atoms with Crippen molar-refractivity contribution >= 4 is 45.8 Å². The summed E-state index contributed by atoms with van der Waals surface area (Å²) in [5.74, 6) is 0.289. The van der Waals surface area contributed by atoms with Crippen LogP contribution in [-0.4, -0.2) is 33.2 Å². The van der Waals surface area contributed by atoms with E-state index in [9.17, 15) is 19.7 Å². The van der Waals surface area contributed by atoms with E-state index in [1.165, 1.54) is 24.1 Å². The predicted octanol–water partition coefficient (Wildman–Crippen LogP) is 2.28. The van der Waals surface area contributed by atoms with Crippen LogP contribution in [-0.2, 0) is 9.59 Å². The van der Waals surface area contributed by atoms with Crippen LogP contribution < -0.4 is 4.90 Å². The van der Waals surface area contributed by atoms with Gasteiger partial charge in [0.15, 0.2) is 5.12 Å². The highest BCUT2D eigenvalue weighted by molar-refractivity contribution is 8.13. The van der Waals surface area contributed by atoms with E-state index in [1.54, 1.807) is 0 Å². The number of pyridine rings is 1. The number of aromatic nitrogens is 1. The molecule has 0 spiro atoms. The van der Waals surface area contributed by atoms with Crippen molar-refractivity contribution in [3.63, 3.8) is 0 Å². The van der Waals surface area contributed by atoms with Gasteiger partial charge in [-0.1, -0.05) is 23.4 Å². The summed E-state index contributed by atoms with van der Waals surface area (Å²) in [6, 6.07) is 1.41. The number of halogens is 1. The summed E-state index contributed by atoms with van der Waals surface area (Å²) in [7, 11) is 0. The maximum absolute atomic E-state index is 12.1. The molecule has 2 heterocycles. The third-order valence-electron chi connectivity index (χ3n) is 3.06. The van der Waals surface area contributed by atoms with Gasteiger partial charge in [-0.05, 0) is 12.0 Å². The Bertz CT molecular complexity index is 610. The average Bonchev–Trinajstić information content (AvgIpc) is 2.76. The molecule has 1 amide bonds. The summed E-state index contributed by atoms with van der Waals surface area (Å²) in [6.45, 7) is 1.80. The summed E-state index contributed by atoms with van der Waals surface area (Å²) >= 11 is 6.90. The van der Waals surface area contributed by atoms with Gasteiger partial charge in [-0.25, -0.2) is 4.98 Å². The molecule has 9 heteroatoms. The molecule has 1 aromatic rings. The van der Waals surface area contributed by atoms with Gasteiger partial charge in [0.05, 0.1) is 4.92 Å². The summed E-state index contributed by atoms with van der Waals surface area (Å²) in [5, 5.41) is 10.8. The fourth-order valence-electron chi connectivity index (χ4n) is 2.17. The Morgan fingerprint density at radius 3 is 3.00 bits per heavy atom. The number of anilines is 1. The third kappa shape index (κ3) is 3.51. The van der Waals surface area contributed by atoms with E-state index >= 15 is 0 Å². The molecule has 0 N–H and O–H groups in total. The minimum atomic E-state index is -0.643. The Morgan fingerprint density at radius 1 is 1.67 bits per heavy atom. The molecule has 1 aromatic heterocycles. The van der Waals surface area contributed by atoms with Crippen LogP contribution in [0.3, 0.4) is 0 Å². The molecule has 0 bridgehead atoms. The van der Waals surface area contributed by atoms with E-state index in [-0.39, 0.29) is 39.9 Å². The van der Waals surface area contributed by atoms with Crippen molar-refractivity contribution in [1.82, 2.24) is 4.98 Å². The molecule has 0 radical (unpaired) electrons. The number of amides is 1. The van der Waals surface area contributed by atoms with Gasteiger partial charge in [0.2, 0.25) is 11.1 Å². The lowest BCUT2D eigenvalue weighted by atomic mass is 10.1. The van der Waals surface area contributed by atoms with E-state index < -0.39 is 4.92 Å². The third-order valence-corrected chi connectivity index (χ3v) is 4.38. The lowest BCUT2D eigenvalue weighted by Gasteiger charge is -2.16. The Labute approximate surface area is 129 Å². The highest BCUT2D eigenvalue weighted by Crippen LogP contribution is 2.37. The summed E-state index contributed by atoms with van der Waals surface area (Å²) < 4.78 is 0. The van der Waals surface area contributed by atoms with Crippen molar-refractivity contribution < 1.29 is 14.5 Å². The van der Waals surface area contributed by atoms with Gasteiger partial charge >= 0.3 is 5.69 Å². The first-order valence-electron chi connectivity index (χ1n) is 6.12. The number of rotatable bonds is 4. The van der Waals surface area contributed by atoms with E-state index in [0.717, 1.165) is 11.8 Å². The monoisotopic (exact) mass is 329 g/mol. The molecule has 2 rings (SSSR count). The van der Waals surface area contributed by atoms with E-state index in [1.807, 2.05) is 0 Å². The van der Waals surface area contributed by atoms with Crippen molar-refractivity contribution in [1.29, 1.82) is 0 Å². The van der Waals surface area contributed by atoms with Crippen molar-refractivity contribution in [2.75, 3.05) is 17.2 Å². The maximum atomic E-state index is 12.1. The quantitative estimate of drug-likeness (QED) is 0.478. The largest absolute Gasteiger partial charge is 0.329 e. The fourth-order valence-corrected chi connectivity index (χ4v) is 3.08. The first kappa shape index (κ1) is 15.7. The number of nitrogens with zero attached hydrogens (tertiary/aromatic N) is 3. The highest BCUT2D eigenvalue weighted by atomic mass is 35.5. The summed E-state index contributed by atoms with van der Waals surface area (Å²) in [5.41, 5.74) is -0.215. The lowest BCUT2D eigenvalue weighted by Crippen LogP contribution is -2.25. The van der Waals surface area contributed by atoms with Crippen molar-refractivity contribution in [3.8, 4) is 0 Å². The van der Waals surface area contributed by atoms with Gasteiger partial charge in [0.25, 0.3) is 0 Å². The minimum Gasteiger partial charge on any atom is -0.306 e. The normalized spacial score (nSPS) is 18.1. The number of thioether (sulfide) groups is 1. The number of nitro groups is 1. The van der Waals surface area contributed by atoms with Crippen LogP contribution in [0, 0.1) is 16.0 Å². The molecule has 1 unspecified atom stereocenters. The Balaban J connectivity index is 2.23. The molecule has 1 saturated heterocycles. The van der Waals surface area contributed by atoms with Crippen LogP contribution in [0.5, 0.6) is 0 Å². The first-order chi connectivity index (χ1) is 9.90. The van der Waals surface area contributed by atoms with Crippen LogP contribution in [0.25, 0.3) is 0 Å². The molecule has 0 saturated carbocycles. The molecule has 1 atom stereocenters. The molecule has 1 fully saturated rings. The van der Waals surface area contributed by atoms with E-state index in [4.69, 9.17) is 11.6 Å². The first-order valence-corrected chi connectivity index (χ1v) is 7.49. The minimum absolute atomic E-state index is 0.0150. The molecule has 112 valence electrons. The molecule has 1 aliphatic rings. The number of carbonyl (C=O) groups is 2. The SMILES string of the molecule is CC(=O)SCC1CC(=O)N(c2ccnc(Cl)c2[N+](=O)[O-])C1. The van der Waals surface area contributed by atoms with Gasteiger partial charge in [-0.2, -0.15) is 0 Å². The van der Waals surface area contributed by atoms with Crippen LogP contribution in [0.1, 0.15) is 13.3 Å². The number of hydrogen-bond acceptors (Lipinski definition) is 6.